The van der Waals surface area contributed by atoms with Crippen molar-refractivity contribution in [2.45, 2.75) is 38.3 Å². The minimum atomic E-state index is -0.792. The molecule has 18 heavy (non-hydrogen) atoms. The van der Waals surface area contributed by atoms with Gasteiger partial charge in [-0.3, -0.25) is 4.79 Å². The molecule has 2 bridgehead atoms. The van der Waals surface area contributed by atoms with Crippen LogP contribution in [0.3, 0.4) is 0 Å². The summed E-state index contributed by atoms with van der Waals surface area (Å²) in [5.41, 5.74) is 0. The number of hydrogen-bond acceptors (Lipinski definition) is 2. The van der Waals surface area contributed by atoms with Crippen molar-refractivity contribution in [3.05, 3.63) is 0 Å². The van der Waals surface area contributed by atoms with Crippen molar-refractivity contribution in [2.75, 3.05) is 13.1 Å². The third-order valence-electron chi connectivity index (χ3n) is 4.01. The van der Waals surface area contributed by atoms with Gasteiger partial charge in [-0.15, -0.1) is 6.42 Å². The van der Waals surface area contributed by atoms with Crippen LogP contribution >= 0.6 is 0 Å². The predicted molar refractivity (Wildman–Crippen MR) is 65.9 cm³/mol. The lowest BCUT2D eigenvalue weighted by Gasteiger charge is -2.29. The second-order valence-corrected chi connectivity index (χ2v) is 4.89. The topological polar surface area (TPSA) is 60.9 Å². The number of rotatable bonds is 3. The van der Waals surface area contributed by atoms with Crippen LogP contribution in [0, 0.1) is 18.3 Å². The number of nitrogens with zero attached hydrogens (tertiary/aromatic N) is 2. The van der Waals surface area contributed by atoms with Crippen molar-refractivity contribution in [3.63, 3.8) is 0 Å². The number of hydrogen-bond donors (Lipinski definition) is 1. The molecule has 0 aromatic heterocycles. The molecule has 2 saturated heterocycles. The molecular weight excluding hydrogens is 232 g/mol. The maximum atomic E-state index is 12.4. The molecule has 5 nitrogen and oxygen atoms in total. The summed E-state index contributed by atoms with van der Waals surface area (Å²) >= 11 is 0. The third-order valence-corrected chi connectivity index (χ3v) is 4.01. The van der Waals surface area contributed by atoms with Crippen LogP contribution in [0.4, 0.5) is 4.79 Å². The molecule has 0 aromatic rings. The summed E-state index contributed by atoms with van der Waals surface area (Å²) in [6.07, 6.45) is 7.53. The Morgan fingerprint density at radius 3 is 2.72 bits per heavy atom. The maximum absolute atomic E-state index is 12.4. The highest BCUT2D eigenvalue weighted by Crippen LogP contribution is 2.42. The molecule has 2 fully saturated rings. The van der Waals surface area contributed by atoms with Crippen LogP contribution in [-0.4, -0.2) is 52.1 Å². The molecule has 1 N–H and O–H groups in total. The lowest BCUT2D eigenvalue weighted by atomic mass is 9.89. The summed E-state index contributed by atoms with van der Waals surface area (Å²) < 4.78 is 0. The number of carbonyl (C=O) groups excluding carboxylic acids is 1. The molecule has 2 heterocycles. The Hall–Kier alpha value is -1.70. The van der Waals surface area contributed by atoms with Crippen molar-refractivity contribution in [1.29, 1.82) is 0 Å². The molecule has 3 unspecified atom stereocenters. The van der Waals surface area contributed by atoms with Gasteiger partial charge in [-0.25, -0.2) is 4.79 Å². The largest absolute Gasteiger partial charge is 0.481 e. The zero-order valence-electron chi connectivity index (χ0n) is 10.5. The third kappa shape index (κ3) is 1.92. The van der Waals surface area contributed by atoms with E-state index in [1.165, 1.54) is 0 Å². The van der Waals surface area contributed by atoms with Crippen LogP contribution in [0.15, 0.2) is 0 Å². The Balaban J connectivity index is 2.13. The van der Waals surface area contributed by atoms with Crippen LogP contribution in [0.1, 0.15) is 26.2 Å². The van der Waals surface area contributed by atoms with Crippen LogP contribution in [-0.2, 0) is 4.79 Å². The minimum Gasteiger partial charge on any atom is -0.481 e. The number of carbonyl (C=O) groups is 2. The summed E-state index contributed by atoms with van der Waals surface area (Å²) in [5, 5.41) is 9.15. The van der Waals surface area contributed by atoms with E-state index in [0.717, 1.165) is 12.8 Å². The average molecular weight is 250 g/mol. The van der Waals surface area contributed by atoms with Gasteiger partial charge in [-0.2, -0.15) is 0 Å². The van der Waals surface area contributed by atoms with Gasteiger partial charge in [-0.05, 0) is 26.2 Å². The molecule has 2 aliphatic heterocycles. The lowest BCUT2D eigenvalue weighted by molar-refractivity contribution is -0.142. The molecule has 98 valence electrons. The first-order valence-corrected chi connectivity index (χ1v) is 6.33. The monoisotopic (exact) mass is 250 g/mol. The summed E-state index contributed by atoms with van der Waals surface area (Å²) in [6, 6.07) is -0.172. The highest BCUT2D eigenvalue weighted by molar-refractivity contribution is 5.79. The number of amides is 2. The quantitative estimate of drug-likeness (QED) is 0.760. The second-order valence-electron chi connectivity index (χ2n) is 4.89. The summed E-state index contributed by atoms with van der Waals surface area (Å²) in [5.74, 6) is 1.27. The highest BCUT2D eigenvalue weighted by Gasteiger charge is 2.52. The fourth-order valence-electron chi connectivity index (χ4n) is 3.14. The smallest absolute Gasteiger partial charge is 0.321 e. The number of carboxylic acid groups (broad SMARTS) is 1. The Bertz CT molecular complexity index is 402. The van der Waals surface area contributed by atoms with Gasteiger partial charge in [0, 0.05) is 18.6 Å². The van der Waals surface area contributed by atoms with Gasteiger partial charge in [0.2, 0.25) is 0 Å². The minimum absolute atomic E-state index is 0.0791. The van der Waals surface area contributed by atoms with Crippen LogP contribution < -0.4 is 0 Å². The molecular formula is C13H18N2O3. The maximum Gasteiger partial charge on any atom is 0.321 e. The van der Waals surface area contributed by atoms with Crippen molar-refractivity contribution in [2.24, 2.45) is 5.92 Å². The number of fused-ring (bicyclic) bond motifs is 2. The van der Waals surface area contributed by atoms with E-state index < -0.39 is 11.9 Å². The van der Waals surface area contributed by atoms with Crippen molar-refractivity contribution in [1.82, 2.24) is 9.80 Å². The number of carboxylic acids is 1. The van der Waals surface area contributed by atoms with Gasteiger partial charge in [0.05, 0.1) is 12.5 Å². The number of aliphatic carboxylic acids is 1. The van der Waals surface area contributed by atoms with E-state index in [1.807, 2.05) is 6.92 Å². The Labute approximate surface area is 107 Å². The van der Waals surface area contributed by atoms with Gasteiger partial charge >= 0.3 is 12.0 Å². The van der Waals surface area contributed by atoms with Gasteiger partial charge < -0.3 is 14.9 Å². The Morgan fingerprint density at radius 2 is 2.22 bits per heavy atom. The van der Waals surface area contributed by atoms with Gasteiger partial charge in [0.25, 0.3) is 0 Å². The summed E-state index contributed by atoms with van der Waals surface area (Å²) in [4.78, 5) is 26.8. The highest BCUT2D eigenvalue weighted by atomic mass is 16.4. The van der Waals surface area contributed by atoms with Crippen LogP contribution in [0.2, 0.25) is 0 Å². The number of terminal acetylenes is 1. The van der Waals surface area contributed by atoms with E-state index in [1.54, 1.807) is 9.80 Å². The first-order valence-electron chi connectivity index (χ1n) is 6.33. The molecule has 2 rings (SSSR count). The van der Waals surface area contributed by atoms with Crippen molar-refractivity contribution < 1.29 is 14.7 Å². The predicted octanol–water partition coefficient (Wildman–Crippen LogP) is 0.999. The molecule has 2 aliphatic rings. The zero-order valence-corrected chi connectivity index (χ0v) is 10.5. The van der Waals surface area contributed by atoms with E-state index in [0.29, 0.717) is 13.0 Å². The van der Waals surface area contributed by atoms with Crippen LogP contribution in [0.5, 0.6) is 0 Å². The zero-order chi connectivity index (χ0) is 13.3. The Kier molecular flexibility index (Phi) is 3.46. The molecule has 0 aliphatic carbocycles. The molecule has 0 aromatic carbocycles. The molecule has 0 saturated carbocycles. The molecule has 5 heteroatoms. The van der Waals surface area contributed by atoms with E-state index in [-0.39, 0.29) is 24.7 Å². The van der Waals surface area contributed by atoms with Gasteiger partial charge in [-0.1, -0.05) is 5.92 Å². The standard InChI is InChI=1S/C13H18N2O3/c1-3-7-14(4-2)13(18)15-9-5-6-11(15)10(8-9)12(16)17/h1,9-11H,4-8H2,2H3,(H,16,17). The van der Waals surface area contributed by atoms with E-state index in [2.05, 4.69) is 5.92 Å². The fraction of sp³-hybridized carbons (Fsp3) is 0.692. The summed E-state index contributed by atoms with van der Waals surface area (Å²) in [7, 11) is 0. The van der Waals surface area contributed by atoms with Crippen LogP contribution in [0.25, 0.3) is 0 Å². The van der Waals surface area contributed by atoms with Gasteiger partial charge in [0.1, 0.15) is 0 Å². The molecule has 2 amide bonds. The lowest BCUT2D eigenvalue weighted by Crippen LogP contribution is -2.46. The SMILES string of the molecule is C#CCN(CC)C(=O)N1C2CCC1C(C(=O)O)C2. The van der Waals surface area contributed by atoms with E-state index in [9.17, 15) is 9.59 Å². The molecule has 3 atom stereocenters. The second kappa shape index (κ2) is 4.89. The first-order chi connectivity index (χ1) is 8.60. The molecule has 0 radical (unpaired) electrons. The van der Waals surface area contributed by atoms with E-state index >= 15 is 0 Å². The van der Waals surface area contributed by atoms with Gasteiger partial charge in [0.15, 0.2) is 0 Å². The van der Waals surface area contributed by atoms with Crippen molar-refractivity contribution >= 4 is 12.0 Å². The normalized spacial score (nSPS) is 29.1. The summed E-state index contributed by atoms with van der Waals surface area (Å²) in [6.45, 7) is 2.71. The fourth-order valence-corrected chi connectivity index (χ4v) is 3.14. The van der Waals surface area contributed by atoms with E-state index in [4.69, 9.17) is 11.5 Å². The number of urea groups is 1. The van der Waals surface area contributed by atoms with Crippen molar-refractivity contribution in [3.8, 4) is 12.3 Å². The Morgan fingerprint density at radius 1 is 1.50 bits per heavy atom. The first kappa shape index (κ1) is 12.7. The molecule has 0 spiro atoms. The average Bonchev–Trinajstić information content (AvgIpc) is 2.92.